The Balaban J connectivity index is 1.87. The summed E-state index contributed by atoms with van der Waals surface area (Å²) in [4.78, 5) is 20.9. The number of allylic oxidation sites excluding steroid dienone is 1. The van der Waals surface area contributed by atoms with Crippen LogP contribution < -0.4 is 20.5 Å². The highest BCUT2D eigenvalue weighted by molar-refractivity contribution is 5.95. The summed E-state index contributed by atoms with van der Waals surface area (Å²) in [6, 6.07) is 8.55. The molecule has 3 N–H and O–H groups in total. The van der Waals surface area contributed by atoms with E-state index in [4.69, 9.17) is 15.2 Å². The third-order valence-corrected chi connectivity index (χ3v) is 4.75. The molecule has 0 saturated heterocycles. The molecule has 3 heterocycles. The fourth-order valence-electron chi connectivity index (χ4n) is 3.38. The van der Waals surface area contributed by atoms with E-state index >= 15 is 0 Å². The number of aromatic nitrogens is 4. The molecule has 148 valence electrons. The average Bonchev–Trinajstić information content (AvgIpc) is 3.16. The summed E-state index contributed by atoms with van der Waals surface area (Å²) in [5, 5.41) is 7.79. The van der Waals surface area contributed by atoms with Crippen LogP contribution in [0.25, 0.3) is 11.4 Å². The Morgan fingerprint density at radius 2 is 1.79 bits per heavy atom. The number of fused-ring (bicyclic) bond motifs is 1. The van der Waals surface area contributed by atoms with E-state index in [1.54, 1.807) is 44.3 Å². The molecule has 3 aromatic rings. The lowest BCUT2D eigenvalue weighted by atomic mass is 9.96. The number of nitrogens with one attached hydrogen (secondary N) is 1. The van der Waals surface area contributed by atoms with Crippen molar-refractivity contribution < 1.29 is 14.3 Å². The summed E-state index contributed by atoms with van der Waals surface area (Å²) in [5.41, 5.74) is 8.29. The van der Waals surface area contributed by atoms with Crippen molar-refractivity contribution in [3.05, 3.63) is 59.6 Å². The lowest BCUT2D eigenvalue weighted by Crippen LogP contribution is -2.31. The second kappa shape index (κ2) is 7.27. The lowest BCUT2D eigenvalue weighted by Gasteiger charge is -2.27. The summed E-state index contributed by atoms with van der Waals surface area (Å²) in [6.45, 7) is 1.79. The van der Waals surface area contributed by atoms with Crippen LogP contribution in [0.3, 0.4) is 0 Å². The molecule has 0 aliphatic carbocycles. The zero-order valence-electron chi connectivity index (χ0n) is 16.2. The normalized spacial score (nSPS) is 15.5. The number of amides is 1. The molecule has 1 amide bonds. The molecule has 29 heavy (non-hydrogen) atoms. The Bertz CT molecular complexity index is 1080. The first kappa shape index (κ1) is 18.5. The van der Waals surface area contributed by atoms with Crippen LogP contribution in [0.5, 0.6) is 11.5 Å². The van der Waals surface area contributed by atoms with Gasteiger partial charge < -0.3 is 20.5 Å². The third-order valence-electron chi connectivity index (χ3n) is 4.75. The molecule has 0 unspecified atom stereocenters. The van der Waals surface area contributed by atoms with Gasteiger partial charge in [-0.15, -0.1) is 5.10 Å². The predicted octanol–water partition coefficient (Wildman–Crippen LogP) is 2.13. The van der Waals surface area contributed by atoms with E-state index in [0.29, 0.717) is 34.5 Å². The topological polar surface area (TPSA) is 117 Å². The first-order valence-corrected chi connectivity index (χ1v) is 8.89. The summed E-state index contributed by atoms with van der Waals surface area (Å²) in [6.07, 6.45) is 3.32. The van der Waals surface area contributed by atoms with Gasteiger partial charge in [-0.2, -0.15) is 4.98 Å². The summed E-state index contributed by atoms with van der Waals surface area (Å²) < 4.78 is 12.3. The van der Waals surface area contributed by atoms with Gasteiger partial charge in [-0.05, 0) is 36.8 Å². The lowest BCUT2D eigenvalue weighted by molar-refractivity contribution is -0.115. The number of hydrogen-bond acceptors (Lipinski definition) is 7. The van der Waals surface area contributed by atoms with E-state index in [9.17, 15) is 4.79 Å². The number of nitrogens with two attached hydrogens (primary N) is 1. The van der Waals surface area contributed by atoms with E-state index in [-0.39, 0.29) is 0 Å². The Morgan fingerprint density at radius 1 is 1.14 bits per heavy atom. The standard InChI is InChI=1S/C20H20N6O3/c1-11-16(18(21)27)17(12-4-6-22-7-5-12)26-20(23-11)24-19(25-26)13-8-14(28-2)10-15(9-13)29-3/h4-10,17H,1-3H3,(H2,21,27)(H,23,24,25)/t17-/m1/s1. The van der Waals surface area contributed by atoms with Crippen molar-refractivity contribution in [2.75, 3.05) is 19.5 Å². The zero-order chi connectivity index (χ0) is 20.5. The maximum atomic E-state index is 12.2. The van der Waals surface area contributed by atoms with Crippen LogP contribution >= 0.6 is 0 Å². The molecule has 0 saturated carbocycles. The zero-order valence-corrected chi connectivity index (χ0v) is 16.2. The highest BCUT2D eigenvalue weighted by Gasteiger charge is 2.33. The minimum Gasteiger partial charge on any atom is -0.497 e. The molecule has 1 aliphatic rings. The number of carbonyl (C=O) groups is 1. The van der Waals surface area contributed by atoms with Crippen molar-refractivity contribution in [3.63, 3.8) is 0 Å². The molecule has 1 aliphatic heterocycles. The number of hydrogen-bond donors (Lipinski definition) is 2. The molecule has 0 bridgehead atoms. The largest absolute Gasteiger partial charge is 0.497 e. The number of pyridine rings is 1. The number of carbonyl (C=O) groups excluding carboxylic acids is 1. The third kappa shape index (κ3) is 3.27. The smallest absolute Gasteiger partial charge is 0.248 e. The fourth-order valence-corrected chi connectivity index (χ4v) is 3.38. The van der Waals surface area contributed by atoms with E-state index in [0.717, 1.165) is 11.1 Å². The molecule has 4 rings (SSSR count). The summed E-state index contributed by atoms with van der Waals surface area (Å²) in [5.74, 6) is 1.69. The molecule has 1 aromatic carbocycles. The van der Waals surface area contributed by atoms with Crippen molar-refractivity contribution >= 4 is 11.9 Å². The van der Waals surface area contributed by atoms with Crippen molar-refractivity contribution in [3.8, 4) is 22.9 Å². The minimum absolute atomic E-state index is 0.420. The van der Waals surface area contributed by atoms with Gasteiger partial charge in [0.05, 0.1) is 19.8 Å². The van der Waals surface area contributed by atoms with Crippen molar-refractivity contribution in [1.29, 1.82) is 0 Å². The minimum atomic E-state index is -0.525. The van der Waals surface area contributed by atoms with Crippen LogP contribution in [0.1, 0.15) is 18.5 Å². The molecular formula is C20H20N6O3. The molecule has 1 atom stereocenters. The van der Waals surface area contributed by atoms with E-state index < -0.39 is 11.9 Å². The quantitative estimate of drug-likeness (QED) is 0.683. The van der Waals surface area contributed by atoms with E-state index in [2.05, 4.69) is 20.4 Å². The van der Waals surface area contributed by atoms with Crippen molar-refractivity contribution in [1.82, 2.24) is 19.7 Å². The van der Waals surface area contributed by atoms with Gasteiger partial charge in [-0.25, -0.2) is 4.68 Å². The number of ether oxygens (including phenoxy) is 2. The number of primary amides is 1. The number of nitrogens with zero attached hydrogens (tertiary/aromatic N) is 4. The first-order chi connectivity index (χ1) is 14.0. The van der Waals surface area contributed by atoms with E-state index in [1.165, 1.54) is 0 Å². The average molecular weight is 392 g/mol. The second-order valence-corrected chi connectivity index (χ2v) is 6.52. The molecule has 9 heteroatoms. The Labute approximate surface area is 167 Å². The monoisotopic (exact) mass is 392 g/mol. The molecule has 9 nitrogen and oxygen atoms in total. The van der Waals surface area contributed by atoms with Gasteiger partial charge in [0.15, 0.2) is 5.82 Å². The molecule has 2 aromatic heterocycles. The van der Waals surface area contributed by atoms with Crippen molar-refractivity contribution in [2.45, 2.75) is 13.0 Å². The van der Waals surface area contributed by atoms with Gasteiger partial charge in [0.2, 0.25) is 11.9 Å². The van der Waals surface area contributed by atoms with Crippen LogP contribution in [-0.2, 0) is 4.79 Å². The maximum Gasteiger partial charge on any atom is 0.248 e. The SMILES string of the molecule is COc1cc(OC)cc(-c2nc3n(n2)[C@H](c2ccncc2)C(C(N)=O)=C(C)N3)c1. The predicted molar refractivity (Wildman–Crippen MR) is 106 cm³/mol. The molecule has 0 fully saturated rings. The number of benzene rings is 1. The van der Waals surface area contributed by atoms with Gasteiger partial charge in [0.1, 0.15) is 17.5 Å². The van der Waals surface area contributed by atoms with Crippen LogP contribution in [0, 0.1) is 0 Å². The van der Waals surface area contributed by atoms with Crippen molar-refractivity contribution in [2.24, 2.45) is 5.73 Å². The van der Waals surface area contributed by atoms with Gasteiger partial charge >= 0.3 is 0 Å². The summed E-state index contributed by atoms with van der Waals surface area (Å²) >= 11 is 0. The van der Waals surface area contributed by atoms with Gasteiger partial charge in [-0.3, -0.25) is 9.78 Å². The fraction of sp³-hybridized carbons (Fsp3) is 0.200. The van der Waals surface area contributed by atoms with Gasteiger partial charge in [0, 0.05) is 29.7 Å². The van der Waals surface area contributed by atoms with E-state index in [1.807, 2.05) is 24.3 Å². The van der Waals surface area contributed by atoms with Crippen LogP contribution in [-0.4, -0.2) is 39.9 Å². The molecular weight excluding hydrogens is 372 g/mol. The Morgan fingerprint density at radius 3 is 2.38 bits per heavy atom. The highest BCUT2D eigenvalue weighted by Crippen LogP contribution is 2.36. The molecule has 0 spiro atoms. The first-order valence-electron chi connectivity index (χ1n) is 8.89. The number of rotatable bonds is 5. The maximum absolute atomic E-state index is 12.2. The summed E-state index contributed by atoms with van der Waals surface area (Å²) in [7, 11) is 3.16. The second-order valence-electron chi connectivity index (χ2n) is 6.52. The highest BCUT2D eigenvalue weighted by atomic mass is 16.5. The molecule has 0 radical (unpaired) electrons. The van der Waals surface area contributed by atoms with Gasteiger partial charge in [-0.1, -0.05) is 0 Å². The Kier molecular flexibility index (Phi) is 4.63. The number of anilines is 1. The van der Waals surface area contributed by atoms with Crippen LogP contribution in [0.15, 0.2) is 54.0 Å². The van der Waals surface area contributed by atoms with Crippen LogP contribution in [0.4, 0.5) is 5.95 Å². The van der Waals surface area contributed by atoms with Gasteiger partial charge in [0.25, 0.3) is 0 Å². The number of methoxy groups -OCH3 is 2. The Hall–Kier alpha value is -3.88. The van der Waals surface area contributed by atoms with Crippen LogP contribution in [0.2, 0.25) is 0 Å².